The van der Waals surface area contributed by atoms with Gasteiger partial charge in [-0.05, 0) is 18.4 Å². The molecule has 3 aliphatic rings. The highest BCUT2D eigenvalue weighted by atomic mass is 16.6. The van der Waals surface area contributed by atoms with Crippen LogP contribution >= 0.6 is 0 Å². The van der Waals surface area contributed by atoms with E-state index in [2.05, 4.69) is 12.2 Å². The molecule has 1 saturated heterocycles. The number of carbonyl (C=O) groups is 2. The highest BCUT2D eigenvalue weighted by molar-refractivity contribution is 6.06. The number of carbonyl (C=O) groups excluding carboxylic acids is 2. The van der Waals surface area contributed by atoms with Crippen LogP contribution in [0.5, 0.6) is 0 Å². The van der Waals surface area contributed by atoms with Crippen molar-refractivity contribution < 1.29 is 19.1 Å². The second-order valence-electron chi connectivity index (χ2n) is 5.93. The molecule has 108 valence electrons. The van der Waals surface area contributed by atoms with Gasteiger partial charge in [-0.1, -0.05) is 42.5 Å². The van der Waals surface area contributed by atoms with Gasteiger partial charge in [0.15, 0.2) is 5.41 Å². The zero-order valence-electron chi connectivity index (χ0n) is 11.7. The Morgan fingerprint density at radius 3 is 2.76 bits per heavy atom. The Labute approximate surface area is 122 Å². The molecular formula is C17H16O4. The standard InChI is InChI=1S/C17H16O4/c1-20-15(19)17-13-10-6-5-9-12(13)16(17,14(18)21-17)11-7-3-2-4-8-11/h2-5,7-9,12-13H,6,10H2,1H3. The number of allylic oxidation sites excluding steroid dienone is 2. The molecule has 1 aromatic rings. The maximum Gasteiger partial charge on any atom is 0.352 e. The predicted octanol–water partition coefficient (Wildman–Crippen LogP) is 1.99. The van der Waals surface area contributed by atoms with Crippen molar-refractivity contribution in [2.24, 2.45) is 11.8 Å². The molecule has 0 spiro atoms. The van der Waals surface area contributed by atoms with Crippen LogP contribution in [0.3, 0.4) is 0 Å². The lowest BCUT2D eigenvalue weighted by Crippen LogP contribution is -2.88. The normalized spacial score (nSPS) is 39.2. The molecule has 0 radical (unpaired) electrons. The van der Waals surface area contributed by atoms with E-state index in [0.717, 1.165) is 18.4 Å². The third kappa shape index (κ3) is 1.14. The second-order valence-corrected chi connectivity index (χ2v) is 5.93. The summed E-state index contributed by atoms with van der Waals surface area (Å²) in [6.45, 7) is 0. The molecule has 4 unspecified atom stereocenters. The molecule has 4 rings (SSSR count). The van der Waals surface area contributed by atoms with Crippen molar-refractivity contribution in [1.29, 1.82) is 0 Å². The van der Waals surface area contributed by atoms with Gasteiger partial charge in [0.2, 0.25) is 5.60 Å². The maximum absolute atomic E-state index is 12.4. The lowest BCUT2D eigenvalue weighted by Gasteiger charge is -2.71. The topological polar surface area (TPSA) is 52.6 Å². The Kier molecular flexibility index (Phi) is 2.39. The molecule has 2 fully saturated rings. The highest BCUT2D eigenvalue weighted by Crippen LogP contribution is 2.71. The van der Waals surface area contributed by atoms with Crippen molar-refractivity contribution >= 4 is 11.9 Å². The third-order valence-electron chi connectivity index (χ3n) is 5.32. The average molecular weight is 284 g/mol. The zero-order valence-corrected chi connectivity index (χ0v) is 11.7. The van der Waals surface area contributed by atoms with Gasteiger partial charge in [0.1, 0.15) is 0 Å². The number of ether oxygens (including phenoxy) is 2. The minimum atomic E-state index is -1.13. The molecule has 0 aromatic heterocycles. The number of rotatable bonds is 2. The molecular weight excluding hydrogens is 268 g/mol. The first kappa shape index (κ1) is 12.6. The molecule has 2 aliphatic carbocycles. The smallest absolute Gasteiger partial charge is 0.352 e. The van der Waals surface area contributed by atoms with E-state index >= 15 is 0 Å². The molecule has 1 aromatic carbocycles. The number of fused-ring (bicyclic) bond motifs is 4. The number of hydrogen-bond acceptors (Lipinski definition) is 4. The van der Waals surface area contributed by atoms with Crippen molar-refractivity contribution in [1.82, 2.24) is 0 Å². The van der Waals surface area contributed by atoms with Crippen molar-refractivity contribution in [3.8, 4) is 0 Å². The van der Waals surface area contributed by atoms with Crippen molar-refractivity contribution in [2.45, 2.75) is 23.9 Å². The molecule has 0 bridgehead atoms. The van der Waals surface area contributed by atoms with Crippen LogP contribution in [0.4, 0.5) is 0 Å². The molecule has 4 atom stereocenters. The van der Waals surface area contributed by atoms with E-state index in [0.29, 0.717) is 0 Å². The van der Waals surface area contributed by atoms with Gasteiger partial charge in [-0.15, -0.1) is 0 Å². The lowest BCUT2D eigenvalue weighted by atomic mass is 9.37. The number of methoxy groups -OCH3 is 1. The van der Waals surface area contributed by atoms with Gasteiger partial charge < -0.3 is 9.47 Å². The van der Waals surface area contributed by atoms with Crippen molar-refractivity contribution in [3.05, 3.63) is 48.0 Å². The molecule has 21 heavy (non-hydrogen) atoms. The first-order valence-electron chi connectivity index (χ1n) is 7.23. The quantitative estimate of drug-likeness (QED) is 0.615. The Morgan fingerprint density at radius 2 is 2.10 bits per heavy atom. The van der Waals surface area contributed by atoms with Gasteiger partial charge in [-0.3, -0.25) is 4.79 Å². The molecule has 4 nitrogen and oxygen atoms in total. The van der Waals surface area contributed by atoms with E-state index in [-0.39, 0.29) is 17.8 Å². The van der Waals surface area contributed by atoms with Gasteiger partial charge in [-0.25, -0.2) is 4.79 Å². The van der Waals surface area contributed by atoms with E-state index in [1.54, 1.807) is 0 Å². The number of benzene rings is 1. The fourth-order valence-electron chi connectivity index (χ4n) is 4.53. The summed E-state index contributed by atoms with van der Waals surface area (Å²) in [6.07, 6.45) is 5.92. The van der Waals surface area contributed by atoms with E-state index in [4.69, 9.17) is 9.47 Å². The number of hydrogen-bond donors (Lipinski definition) is 0. The van der Waals surface area contributed by atoms with Gasteiger partial charge in [0.25, 0.3) is 0 Å². The van der Waals surface area contributed by atoms with Crippen molar-refractivity contribution in [3.63, 3.8) is 0 Å². The van der Waals surface area contributed by atoms with E-state index < -0.39 is 17.0 Å². The van der Waals surface area contributed by atoms with Crippen molar-refractivity contribution in [2.75, 3.05) is 7.11 Å². The Bertz CT molecular complexity index is 650. The summed E-state index contributed by atoms with van der Waals surface area (Å²) in [4.78, 5) is 24.9. The molecule has 0 amide bonds. The van der Waals surface area contributed by atoms with Crippen LogP contribution in [0.15, 0.2) is 42.5 Å². The zero-order chi connectivity index (χ0) is 14.7. The van der Waals surface area contributed by atoms with Crippen LogP contribution in [-0.4, -0.2) is 24.6 Å². The average Bonchev–Trinajstić information content (AvgIpc) is 2.52. The lowest BCUT2D eigenvalue weighted by molar-refractivity contribution is -0.298. The summed E-state index contributed by atoms with van der Waals surface area (Å²) >= 11 is 0. The summed E-state index contributed by atoms with van der Waals surface area (Å²) in [6, 6.07) is 9.47. The molecule has 1 aliphatic heterocycles. The minimum absolute atomic E-state index is 0.0212. The van der Waals surface area contributed by atoms with E-state index in [1.807, 2.05) is 30.3 Å². The summed E-state index contributed by atoms with van der Waals surface area (Å²) < 4.78 is 10.4. The largest absolute Gasteiger partial charge is 0.466 e. The van der Waals surface area contributed by atoms with Crippen LogP contribution in [0.2, 0.25) is 0 Å². The van der Waals surface area contributed by atoms with E-state index in [9.17, 15) is 9.59 Å². The number of esters is 2. The molecule has 1 heterocycles. The molecule has 4 heteroatoms. The SMILES string of the molecule is COC(=O)C12OC(=O)C1(c1ccccc1)C1C=CCCC12. The second kappa shape index (κ2) is 3.97. The van der Waals surface area contributed by atoms with Gasteiger partial charge in [0.05, 0.1) is 7.11 Å². The molecule has 1 saturated carbocycles. The summed E-state index contributed by atoms with van der Waals surface area (Å²) in [5, 5.41) is 0. The summed E-state index contributed by atoms with van der Waals surface area (Å²) in [5.41, 5.74) is -1.18. The summed E-state index contributed by atoms with van der Waals surface area (Å²) in [7, 11) is 1.35. The Morgan fingerprint density at radius 1 is 1.33 bits per heavy atom. The third-order valence-corrected chi connectivity index (χ3v) is 5.32. The highest BCUT2D eigenvalue weighted by Gasteiger charge is 2.89. The van der Waals surface area contributed by atoms with Gasteiger partial charge in [-0.2, -0.15) is 0 Å². The fraction of sp³-hybridized carbons (Fsp3) is 0.412. The Balaban J connectivity index is 1.92. The van der Waals surface area contributed by atoms with Gasteiger partial charge in [0, 0.05) is 11.8 Å². The van der Waals surface area contributed by atoms with Crippen LogP contribution in [0.25, 0.3) is 0 Å². The monoisotopic (exact) mass is 284 g/mol. The first-order valence-corrected chi connectivity index (χ1v) is 7.23. The van der Waals surface area contributed by atoms with Crippen LogP contribution in [-0.2, 0) is 24.5 Å². The van der Waals surface area contributed by atoms with Crippen LogP contribution < -0.4 is 0 Å². The van der Waals surface area contributed by atoms with Gasteiger partial charge >= 0.3 is 11.9 Å². The fourth-order valence-corrected chi connectivity index (χ4v) is 4.53. The summed E-state index contributed by atoms with van der Waals surface area (Å²) in [5.74, 6) is -0.698. The Hall–Kier alpha value is -2.10. The minimum Gasteiger partial charge on any atom is -0.466 e. The predicted molar refractivity (Wildman–Crippen MR) is 74.3 cm³/mol. The van der Waals surface area contributed by atoms with E-state index in [1.165, 1.54) is 7.11 Å². The van der Waals surface area contributed by atoms with Crippen LogP contribution in [0, 0.1) is 11.8 Å². The van der Waals surface area contributed by atoms with Crippen LogP contribution in [0.1, 0.15) is 18.4 Å². The maximum atomic E-state index is 12.4. The molecule has 0 N–H and O–H groups in total. The first-order chi connectivity index (χ1) is 10.2.